The SMILES string of the molecule is CC1(C)CC(NC(=O)C(=O)Nc2cccc3[nH]ccc23)CC(C)(C)N1. The fourth-order valence-electron chi connectivity index (χ4n) is 4.05. The van der Waals surface area contributed by atoms with Crippen molar-refractivity contribution in [1.82, 2.24) is 15.6 Å². The van der Waals surface area contributed by atoms with Crippen LogP contribution in [0.15, 0.2) is 30.5 Å². The third kappa shape index (κ3) is 4.02. The quantitative estimate of drug-likeness (QED) is 0.633. The summed E-state index contributed by atoms with van der Waals surface area (Å²) in [5.74, 6) is -1.23. The maximum atomic E-state index is 12.4. The number of aromatic nitrogens is 1. The second kappa shape index (κ2) is 6.19. The van der Waals surface area contributed by atoms with Gasteiger partial charge >= 0.3 is 11.8 Å². The summed E-state index contributed by atoms with van der Waals surface area (Å²) in [6.45, 7) is 8.44. The van der Waals surface area contributed by atoms with Gasteiger partial charge in [-0.05, 0) is 58.7 Å². The largest absolute Gasteiger partial charge is 0.361 e. The molecule has 0 atom stereocenters. The number of aromatic amines is 1. The lowest BCUT2D eigenvalue weighted by Crippen LogP contribution is -2.62. The summed E-state index contributed by atoms with van der Waals surface area (Å²) in [4.78, 5) is 27.8. The number of carbonyl (C=O) groups is 2. The molecule has 3 rings (SSSR count). The molecule has 6 nitrogen and oxygen atoms in total. The average molecular weight is 342 g/mol. The number of anilines is 1. The lowest BCUT2D eigenvalue weighted by atomic mass is 9.79. The lowest BCUT2D eigenvalue weighted by molar-refractivity contribution is -0.137. The number of rotatable bonds is 2. The Kier molecular flexibility index (Phi) is 4.33. The summed E-state index contributed by atoms with van der Waals surface area (Å²) in [5, 5.41) is 10.1. The van der Waals surface area contributed by atoms with E-state index in [1.807, 2.05) is 18.2 Å². The summed E-state index contributed by atoms with van der Waals surface area (Å²) >= 11 is 0. The van der Waals surface area contributed by atoms with E-state index < -0.39 is 11.8 Å². The van der Waals surface area contributed by atoms with E-state index in [-0.39, 0.29) is 17.1 Å². The Bertz CT molecular complexity index is 791. The smallest absolute Gasteiger partial charge is 0.313 e. The summed E-state index contributed by atoms with van der Waals surface area (Å²) in [6, 6.07) is 7.39. The molecule has 1 aliphatic rings. The van der Waals surface area contributed by atoms with Crippen LogP contribution >= 0.6 is 0 Å². The van der Waals surface area contributed by atoms with Crippen LogP contribution in [0.25, 0.3) is 10.9 Å². The highest BCUT2D eigenvalue weighted by atomic mass is 16.2. The molecule has 1 aromatic heterocycles. The Labute approximate surface area is 147 Å². The van der Waals surface area contributed by atoms with Crippen LogP contribution in [0.5, 0.6) is 0 Å². The molecule has 1 aromatic carbocycles. The Morgan fingerprint density at radius 2 is 1.72 bits per heavy atom. The first-order chi connectivity index (χ1) is 11.7. The number of hydrogen-bond acceptors (Lipinski definition) is 3. The van der Waals surface area contributed by atoms with Gasteiger partial charge in [0.25, 0.3) is 0 Å². The molecule has 0 aliphatic carbocycles. The van der Waals surface area contributed by atoms with Gasteiger partial charge in [-0.1, -0.05) is 6.07 Å². The molecular formula is C19H26N4O2. The molecule has 0 spiro atoms. The van der Waals surface area contributed by atoms with Gasteiger partial charge in [0.05, 0.1) is 5.69 Å². The number of hydrogen-bond donors (Lipinski definition) is 4. The summed E-state index contributed by atoms with van der Waals surface area (Å²) in [6.07, 6.45) is 3.37. The lowest BCUT2D eigenvalue weighted by Gasteiger charge is -2.46. The van der Waals surface area contributed by atoms with Gasteiger partial charge in [0, 0.05) is 34.2 Å². The first kappa shape index (κ1) is 17.5. The number of amides is 2. The van der Waals surface area contributed by atoms with Gasteiger partial charge in [0.15, 0.2) is 0 Å². The predicted octanol–water partition coefficient (Wildman–Crippen LogP) is 2.53. The van der Waals surface area contributed by atoms with Gasteiger partial charge in [-0.25, -0.2) is 0 Å². The Morgan fingerprint density at radius 3 is 2.40 bits per heavy atom. The molecule has 25 heavy (non-hydrogen) atoms. The zero-order valence-corrected chi connectivity index (χ0v) is 15.2. The van der Waals surface area contributed by atoms with E-state index in [4.69, 9.17) is 0 Å². The van der Waals surface area contributed by atoms with Crippen molar-refractivity contribution >= 4 is 28.4 Å². The molecule has 2 amide bonds. The highest BCUT2D eigenvalue weighted by Gasteiger charge is 2.38. The van der Waals surface area contributed by atoms with E-state index in [1.54, 1.807) is 12.3 Å². The van der Waals surface area contributed by atoms with Crippen LogP contribution in [0.4, 0.5) is 5.69 Å². The van der Waals surface area contributed by atoms with Crippen molar-refractivity contribution in [2.24, 2.45) is 0 Å². The molecule has 0 saturated carbocycles. The van der Waals surface area contributed by atoms with E-state index in [0.29, 0.717) is 5.69 Å². The highest BCUT2D eigenvalue weighted by Crippen LogP contribution is 2.28. The zero-order chi connectivity index (χ0) is 18.2. The Hall–Kier alpha value is -2.34. The summed E-state index contributed by atoms with van der Waals surface area (Å²) in [5.41, 5.74) is 1.37. The molecule has 134 valence electrons. The number of nitrogens with one attached hydrogen (secondary N) is 4. The molecular weight excluding hydrogens is 316 g/mol. The number of piperidine rings is 1. The van der Waals surface area contributed by atoms with Crippen LogP contribution in [-0.4, -0.2) is 33.9 Å². The molecule has 0 radical (unpaired) electrons. The molecule has 1 fully saturated rings. The standard InChI is InChI=1S/C19H26N4O2/c1-18(2)10-12(11-19(3,4)23-18)21-16(24)17(25)22-15-7-5-6-14-13(15)8-9-20-14/h5-9,12,20,23H,10-11H2,1-4H3,(H,21,24)(H,22,25). The molecule has 6 heteroatoms. The van der Waals surface area contributed by atoms with E-state index in [2.05, 4.69) is 48.6 Å². The molecule has 4 N–H and O–H groups in total. The van der Waals surface area contributed by atoms with Crippen LogP contribution in [0, 0.1) is 0 Å². The number of carbonyl (C=O) groups excluding carboxylic acids is 2. The first-order valence-electron chi connectivity index (χ1n) is 8.63. The van der Waals surface area contributed by atoms with Gasteiger partial charge in [0.1, 0.15) is 0 Å². The minimum Gasteiger partial charge on any atom is -0.361 e. The minimum absolute atomic E-state index is 0.0347. The number of fused-ring (bicyclic) bond motifs is 1. The summed E-state index contributed by atoms with van der Waals surface area (Å²) in [7, 11) is 0. The van der Waals surface area contributed by atoms with Gasteiger partial charge < -0.3 is 20.9 Å². The third-order valence-electron chi connectivity index (χ3n) is 4.57. The van der Waals surface area contributed by atoms with Crippen LogP contribution in [0.1, 0.15) is 40.5 Å². The van der Waals surface area contributed by atoms with Crippen LogP contribution in [-0.2, 0) is 9.59 Å². The van der Waals surface area contributed by atoms with Gasteiger partial charge in [0.2, 0.25) is 0 Å². The molecule has 2 aromatic rings. The van der Waals surface area contributed by atoms with Crippen molar-refractivity contribution in [2.45, 2.75) is 57.7 Å². The van der Waals surface area contributed by atoms with Gasteiger partial charge in [-0.15, -0.1) is 0 Å². The second-order valence-corrected chi connectivity index (χ2v) is 8.17. The monoisotopic (exact) mass is 342 g/mol. The van der Waals surface area contributed by atoms with Crippen molar-refractivity contribution in [2.75, 3.05) is 5.32 Å². The highest BCUT2D eigenvalue weighted by molar-refractivity contribution is 6.40. The van der Waals surface area contributed by atoms with Crippen molar-refractivity contribution < 1.29 is 9.59 Å². The van der Waals surface area contributed by atoms with E-state index in [0.717, 1.165) is 23.7 Å². The van der Waals surface area contributed by atoms with Crippen LogP contribution in [0.3, 0.4) is 0 Å². The summed E-state index contributed by atoms with van der Waals surface area (Å²) < 4.78 is 0. The third-order valence-corrected chi connectivity index (χ3v) is 4.57. The fraction of sp³-hybridized carbons (Fsp3) is 0.474. The predicted molar refractivity (Wildman–Crippen MR) is 99.4 cm³/mol. The number of benzene rings is 1. The maximum absolute atomic E-state index is 12.4. The van der Waals surface area contributed by atoms with Crippen LogP contribution < -0.4 is 16.0 Å². The maximum Gasteiger partial charge on any atom is 0.313 e. The molecule has 2 heterocycles. The topological polar surface area (TPSA) is 86.0 Å². The van der Waals surface area contributed by atoms with Crippen LogP contribution in [0.2, 0.25) is 0 Å². The van der Waals surface area contributed by atoms with Gasteiger partial charge in [-0.2, -0.15) is 0 Å². The van der Waals surface area contributed by atoms with Gasteiger partial charge in [-0.3, -0.25) is 9.59 Å². The normalized spacial score (nSPS) is 19.5. The molecule has 1 aliphatic heterocycles. The van der Waals surface area contributed by atoms with E-state index >= 15 is 0 Å². The minimum atomic E-state index is -0.636. The van der Waals surface area contributed by atoms with E-state index in [9.17, 15) is 9.59 Å². The fourth-order valence-corrected chi connectivity index (χ4v) is 4.05. The van der Waals surface area contributed by atoms with Crippen molar-refractivity contribution in [3.63, 3.8) is 0 Å². The average Bonchev–Trinajstić information content (AvgIpc) is 2.93. The second-order valence-electron chi connectivity index (χ2n) is 8.17. The van der Waals surface area contributed by atoms with Crippen molar-refractivity contribution in [1.29, 1.82) is 0 Å². The zero-order valence-electron chi connectivity index (χ0n) is 15.2. The first-order valence-corrected chi connectivity index (χ1v) is 8.63. The molecule has 1 saturated heterocycles. The van der Waals surface area contributed by atoms with E-state index in [1.165, 1.54) is 0 Å². The molecule has 0 unspecified atom stereocenters. The Balaban J connectivity index is 1.67. The molecule has 0 bridgehead atoms. The van der Waals surface area contributed by atoms with Crippen molar-refractivity contribution in [3.8, 4) is 0 Å². The van der Waals surface area contributed by atoms with Crippen molar-refractivity contribution in [3.05, 3.63) is 30.5 Å². The Morgan fingerprint density at radius 1 is 1.04 bits per heavy atom. The number of H-pyrrole nitrogens is 1.